The molecule has 0 aromatic carbocycles. The second-order valence-corrected chi connectivity index (χ2v) is 4.46. The number of aryl methyl sites for hydroxylation is 1. The van der Waals surface area contributed by atoms with E-state index in [1.165, 1.54) is 0 Å². The number of hydrogen-bond acceptors (Lipinski definition) is 5. The van der Waals surface area contributed by atoms with Gasteiger partial charge in [-0.15, -0.1) is 5.10 Å². The van der Waals surface area contributed by atoms with Crippen LogP contribution in [0.4, 0.5) is 0 Å². The SMILES string of the molecule is CN(C)CCn1nnc(CN)c1-c1ccnn1C. The van der Waals surface area contributed by atoms with Crippen molar-refractivity contribution >= 4 is 0 Å². The molecular formula is C11H19N7. The van der Waals surface area contributed by atoms with E-state index in [0.29, 0.717) is 6.54 Å². The second kappa shape index (κ2) is 5.28. The number of aromatic nitrogens is 5. The monoisotopic (exact) mass is 249 g/mol. The normalized spacial score (nSPS) is 11.4. The zero-order valence-corrected chi connectivity index (χ0v) is 11.0. The maximum Gasteiger partial charge on any atom is 0.111 e. The summed E-state index contributed by atoms with van der Waals surface area (Å²) in [6.07, 6.45) is 1.76. The van der Waals surface area contributed by atoms with E-state index in [9.17, 15) is 0 Å². The van der Waals surface area contributed by atoms with Crippen LogP contribution in [0.1, 0.15) is 5.69 Å². The minimum atomic E-state index is 0.377. The second-order valence-electron chi connectivity index (χ2n) is 4.46. The molecule has 98 valence electrons. The molecule has 2 rings (SSSR count). The van der Waals surface area contributed by atoms with E-state index < -0.39 is 0 Å². The maximum atomic E-state index is 5.72. The molecule has 0 radical (unpaired) electrons. The minimum Gasteiger partial charge on any atom is -0.325 e. The quantitative estimate of drug-likeness (QED) is 0.787. The van der Waals surface area contributed by atoms with Crippen LogP contribution in [0.15, 0.2) is 12.3 Å². The Bertz CT molecular complexity index is 511. The van der Waals surface area contributed by atoms with E-state index in [1.807, 2.05) is 36.6 Å². The Morgan fingerprint density at radius 1 is 1.39 bits per heavy atom. The number of rotatable bonds is 5. The summed E-state index contributed by atoms with van der Waals surface area (Å²) >= 11 is 0. The topological polar surface area (TPSA) is 77.8 Å². The van der Waals surface area contributed by atoms with Gasteiger partial charge in [0.05, 0.1) is 12.2 Å². The average molecular weight is 249 g/mol. The highest BCUT2D eigenvalue weighted by atomic mass is 15.4. The Hall–Kier alpha value is -1.73. The first-order valence-corrected chi connectivity index (χ1v) is 5.89. The van der Waals surface area contributed by atoms with Crippen LogP contribution < -0.4 is 5.73 Å². The molecule has 0 bridgehead atoms. The molecule has 2 heterocycles. The van der Waals surface area contributed by atoms with Crippen LogP contribution in [0.3, 0.4) is 0 Å². The molecule has 0 spiro atoms. The molecule has 2 aromatic heterocycles. The van der Waals surface area contributed by atoms with Crippen LogP contribution in [-0.4, -0.2) is 50.3 Å². The number of hydrogen-bond donors (Lipinski definition) is 1. The Morgan fingerprint density at radius 2 is 2.17 bits per heavy atom. The summed E-state index contributed by atoms with van der Waals surface area (Å²) in [5.41, 5.74) is 8.47. The Labute approximate surface area is 106 Å². The number of nitrogens with zero attached hydrogens (tertiary/aromatic N) is 6. The van der Waals surface area contributed by atoms with E-state index in [1.54, 1.807) is 6.20 Å². The van der Waals surface area contributed by atoms with E-state index in [0.717, 1.165) is 30.2 Å². The zero-order chi connectivity index (χ0) is 13.1. The fourth-order valence-electron chi connectivity index (χ4n) is 1.82. The van der Waals surface area contributed by atoms with Gasteiger partial charge in [0.25, 0.3) is 0 Å². The summed E-state index contributed by atoms with van der Waals surface area (Å²) in [4.78, 5) is 2.11. The van der Waals surface area contributed by atoms with Crippen molar-refractivity contribution in [3.63, 3.8) is 0 Å². The molecule has 0 amide bonds. The van der Waals surface area contributed by atoms with E-state index >= 15 is 0 Å². The predicted octanol–water partition coefficient (Wildman–Crippen LogP) is -0.301. The first-order valence-electron chi connectivity index (χ1n) is 5.89. The molecule has 0 fully saturated rings. The largest absolute Gasteiger partial charge is 0.325 e. The Morgan fingerprint density at radius 3 is 2.72 bits per heavy atom. The van der Waals surface area contributed by atoms with E-state index in [-0.39, 0.29) is 0 Å². The van der Waals surface area contributed by atoms with Crippen molar-refractivity contribution < 1.29 is 0 Å². The van der Waals surface area contributed by atoms with Crippen LogP contribution in [0.5, 0.6) is 0 Å². The van der Waals surface area contributed by atoms with Gasteiger partial charge >= 0.3 is 0 Å². The minimum absolute atomic E-state index is 0.377. The molecule has 18 heavy (non-hydrogen) atoms. The first kappa shape index (κ1) is 12.7. The highest BCUT2D eigenvalue weighted by Gasteiger charge is 2.16. The van der Waals surface area contributed by atoms with Gasteiger partial charge in [-0.2, -0.15) is 5.10 Å². The molecule has 7 heteroatoms. The molecule has 2 aromatic rings. The van der Waals surface area contributed by atoms with Gasteiger partial charge in [-0.05, 0) is 20.2 Å². The summed E-state index contributed by atoms with van der Waals surface area (Å²) in [5, 5.41) is 12.5. The van der Waals surface area contributed by atoms with Crippen molar-refractivity contribution in [2.75, 3.05) is 20.6 Å². The van der Waals surface area contributed by atoms with Crippen LogP contribution in [0.2, 0.25) is 0 Å². The third-order valence-corrected chi connectivity index (χ3v) is 2.82. The molecular weight excluding hydrogens is 230 g/mol. The zero-order valence-electron chi connectivity index (χ0n) is 11.0. The Kier molecular flexibility index (Phi) is 3.73. The lowest BCUT2D eigenvalue weighted by Crippen LogP contribution is -2.20. The molecule has 0 aliphatic rings. The molecule has 7 nitrogen and oxygen atoms in total. The van der Waals surface area contributed by atoms with E-state index in [4.69, 9.17) is 5.73 Å². The fraction of sp³-hybridized carbons (Fsp3) is 0.545. The lowest BCUT2D eigenvalue weighted by molar-refractivity contribution is 0.371. The summed E-state index contributed by atoms with van der Waals surface area (Å²) in [6.45, 7) is 2.06. The van der Waals surface area contributed by atoms with E-state index in [2.05, 4.69) is 20.3 Å². The number of likely N-dealkylation sites (N-methyl/N-ethyl adjacent to an activating group) is 1. The Balaban J connectivity index is 2.37. The highest BCUT2D eigenvalue weighted by molar-refractivity contribution is 5.57. The van der Waals surface area contributed by atoms with Crippen LogP contribution in [-0.2, 0) is 20.1 Å². The average Bonchev–Trinajstić information content (AvgIpc) is 2.91. The maximum absolute atomic E-state index is 5.72. The third-order valence-electron chi connectivity index (χ3n) is 2.82. The van der Waals surface area contributed by atoms with Crippen molar-refractivity contribution in [3.8, 4) is 11.4 Å². The highest BCUT2D eigenvalue weighted by Crippen LogP contribution is 2.20. The van der Waals surface area contributed by atoms with Crippen molar-refractivity contribution in [3.05, 3.63) is 18.0 Å². The number of nitrogens with two attached hydrogens (primary N) is 1. The molecule has 2 N–H and O–H groups in total. The predicted molar refractivity (Wildman–Crippen MR) is 68.7 cm³/mol. The van der Waals surface area contributed by atoms with Gasteiger partial charge in [0, 0.05) is 26.3 Å². The molecule has 0 saturated heterocycles. The van der Waals surface area contributed by atoms with Crippen molar-refractivity contribution in [2.45, 2.75) is 13.1 Å². The lowest BCUT2D eigenvalue weighted by Gasteiger charge is -2.11. The van der Waals surface area contributed by atoms with Crippen LogP contribution >= 0.6 is 0 Å². The standard InChI is InChI=1S/C11H19N7/c1-16(2)6-7-18-11(9(8-12)14-15-18)10-4-5-13-17(10)3/h4-5H,6-8,12H2,1-3H3. The van der Waals surface area contributed by atoms with Gasteiger partial charge in [0.15, 0.2) is 0 Å². The lowest BCUT2D eigenvalue weighted by atomic mass is 10.2. The van der Waals surface area contributed by atoms with Gasteiger partial charge in [-0.25, -0.2) is 4.68 Å². The smallest absolute Gasteiger partial charge is 0.111 e. The van der Waals surface area contributed by atoms with Gasteiger partial charge in [0.1, 0.15) is 11.4 Å². The van der Waals surface area contributed by atoms with Gasteiger partial charge < -0.3 is 10.6 Å². The fourth-order valence-corrected chi connectivity index (χ4v) is 1.82. The van der Waals surface area contributed by atoms with Crippen molar-refractivity contribution in [1.82, 2.24) is 29.7 Å². The van der Waals surface area contributed by atoms with Gasteiger partial charge in [-0.1, -0.05) is 5.21 Å². The molecule has 0 aliphatic carbocycles. The first-order chi connectivity index (χ1) is 8.63. The summed E-state index contributed by atoms with van der Waals surface area (Å²) in [7, 11) is 5.97. The van der Waals surface area contributed by atoms with Gasteiger partial charge in [0.2, 0.25) is 0 Å². The van der Waals surface area contributed by atoms with Crippen LogP contribution in [0.25, 0.3) is 11.4 Å². The molecule has 0 atom stereocenters. The molecule has 0 aliphatic heterocycles. The van der Waals surface area contributed by atoms with Gasteiger partial charge in [-0.3, -0.25) is 4.68 Å². The van der Waals surface area contributed by atoms with Crippen molar-refractivity contribution in [2.24, 2.45) is 12.8 Å². The molecule has 0 unspecified atom stereocenters. The summed E-state index contributed by atoms with van der Waals surface area (Å²) in [5.74, 6) is 0. The molecule has 0 saturated carbocycles. The summed E-state index contributed by atoms with van der Waals surface area (Å²) in [6, 6.07) is 1.95. The third kappa shape index (κ3) is 2.41. The van der Waals surface area contributed by atoms with Crippen molar-refractivity contribution in [1.29, 1.82) is 0 Å². The summed E-state index contributed by atoms with van der Waals surface area (Å²) < 4.78 is 3.70. The van der Waals surface area contributed by atoms with Crippen LogP contribution in [0, 0.1) is 0 Å².